The van der Waals surface area contributed by atoms with E-state index in [0.29, 0.717) is 5.69 Å². The molecule has 3 N–H and O–H groups in total. The number of halogens is 3. The van der Waals surface area contributed by atoms with Gasteiger partial charge in [-0.15, -0.1) is 0 Å². The monoisotopic (exact) mass is 253 g/mol. The van der Waals surface area contributed by atoms with Crippen molar-refractivity contribution < 1.29 is 13.2 Å². The number of benzene rings is 1. The Bertz CT molecular complexity index is 538. The Labute approximate surface area is 101 Å². The first-order valence-corrected chi connectivity index (χ1v) is 5.12. The maximum absolute atomic E-state index is 12.6. The van der Waals surface area contributed by atoms with Gasteiger partial charge in [0.1, 0.15) is 11.6 Å². The minimum atomic E-state index is -4.44. The fourth-order valence-corrected chi connectivity index (χ4v) is 1.45. The molecule has 2 aromatic rings. The van der Waals surface area contributed by atoms with Crippen molar-refractivity contribution in [2.24, 2.45) is 0 Å². The van der Waals surface area contributed by atoms with Gasteiger partial charge in [-0.05, 0) is 24.3 Å². The third-order valence-corrected chi connectivity index (χ3v) is 2.22. The van der Waals surface area contributed by atoms with Crippen molar-refractivity contribution in [2.45, 2.75) is 6.18 Å². The third-order valence-electron chi connectivity index (χ3n) is 2.22. The summed E-state index contributed by atoms with van der Waals surface area (Å²) in [6.45, 7) is 0. The smallest absolute Gasteiger partial charge is 0.384 e. The number of anilines is 3. The number of nitrogen functional groups attached to an aromatic ring is 1. The normalized spacial score (nSPS) is 11.3. The van der Waals surface area contributed by atoms with Gasteiger partial charge in [0, 0.05) is 5.69 Å². The van der Waals surface area contributed by atoms with E-state index in [4.69, 9.17) is 5.73 Å². The Morgan fingerprint density at radius 3 is 2.33 bits per heavy atom. The standard InChI is InChI=1S/C12H10F3N3/c13-12(14,15)8-6-10(16)18-11(7-8)17-9-4-2-1-3-5-9/h1-7H,(H3,16,17,18). The highest BCUT2D eigenvalue weighted by atomic mass is 19.4. The SMILES string of the molecule is Nc1cc(C(F)(F)F)cc(Nc2ccccc2)n1. The summed E-state index contributed by atoms with van der Waals surface area (Å²) in [4.78, 5) is 3.81. The van der Waals surface area contributed by atoms with E-state index in [9.17, 15) is 13.2 Å². The molecule has 0 saturated heterocycles. The second-order valence-corrected chi connectivity index (χ2v) is 3.65. The summed E-state index contributed by atoms with van der Waals surface area (Å²) in [6.07, 6.45) is -4.44. The summed E-state index contributed by atoms with van der Waals surface area (Å²) >= 11 is 0. The Kier molecular flexibility index (Phi) is 3.10. The Balaban J connectivity index is 2.32. The highest BCUT2D eigenvalue weighted by Gasteiger charge is 2.31. The fraction of sp³-hybridized carbons (Fsp3) is 0.0833. The number of nitrogens with two attached hydrogens (primary N) is 1. The Morgan fingerprint density at radius 2 is 1.72 bits per heavy atom. The van der Waals surface area contributed by atoms with Crippen LogP contribution < -0.4 is 11.1 Å². The molecule has 2 rings (SSSR count). The molecular weight excluding hydrogens is 243 g/mol. The van der Waals surface area contributed by atoms with Gasteiger partial charge < -0.3 is 11.1 Å². The minimum absolute atomic E-state index is 0.0634. The van der Waals surface area contributed by atoms with Gasteiger partial charge in [0.2, 0.25) is 0 Å². The van der Waals surface area contributed by atoms with Crippen LogP contribution in [0, 0.1) is 0 Å². The first-order chi connectivity index (χ1) is 8.45. The van der Waals surface area contributed by atoms with Crippen LogP contribution in [0.4, 0.5) is 30.5 Å². The fourth-order valence-electron chi connectivity index (χ4n) is 1.45. The van der Waals surface area contributed by atoms with E-state index < -0.39 is 11.7 Å². The van der Waals surface area contributed by atoms with Crippen LogP contribution in [-0.4, -0.2) is 4.98 Å². The van der Waals surface area contributed by atoms with Crippen molar-refractivity contribution in [1.29, 1.82) is 0 Å². The number of aromatic nitrogens is 1. The van der Waals surface area contributed by atoms with Gasteiger partial charge in [-0.3, -0.25) is 0 Å². The van der Waals surface area contributed by atoms with Gasteiger partial charge in [-0.25, -0.2) is 4.98 Å². The maximum atomic E-state index is 12.6. The maximum Gasteiger partial charge on any atom is 0.416 e. The van der Waals surface area contributed by atoms with Crippen molar-refractivity contribution in [1.82, 2.24) is 4.98 Å². The van der Waals surface area contributed by atoms with E-state index >= 15 is 0 Å². The summed E-state index contributed by atoms with van der Waals surface area (Å²) in [7, 11) is 0. The highest BCUT2D eigenvalue weighted by molar-refractivity contribution is 5.58. The summed E-state index contributed by atoms with van der Waals surface area (Å²) in [5, 5.41) is 2.77. The molecule has 1 aromatic heterocycles. The Morgan fingerprint density at radius 1 is 1.06 bits per heavy atom. The first-order valence-electron chi connectivity index (χ1n) is 5.12. The number of hydrogen-bond donors (Lipinski definition) is 2. The van der Waals surface area contributed by atoms with Gasteiger partial charge in [0.15, 0.2) is 0 Å². The summed E-state index contributed by atoms with van der Waals surface area (Å²) in [5.74, 6) is -0.114. The number of nitrogens with one attached hydrogen (secondary N) is 1. The van der Waals surface area contributed by atoms with Crippen LogP contribution in [0.15, 0.2) is 42.5 Å². The van der Waals surface area contributed by atoms with Crippen LogP contribution in [-0.2, 0) is 6.18 Å². The molecule has 0 radical (unpaired) electrons. The molecule has 0 amide bonds. The topological polar surface area (TPSA) is 50.9 Å². The largest absolute Gasteiger partial charge is 0.416 e. The molecule has 0 atom stereocenters. The number of alkyl halides is 3. The van der Waals surface area contributed by atoms with E-state index in [-0.39, 0.29) is 11.6 Å². The first kappa shape index (κ1) is 12.2. The van der Waals surface area contributed by atoms with Gasteiger partial charge in [-0.1, -0.05) is 18.2 Å². The zero-order valence-corrected chi connectivity index (χ0v) is 9.20. The zero-order valence-electron chi connectivity index (χ0n) is 9.20. The summed E-state index contributed by atoms with van der Waals surface area (Å²) in [6, 6.07) is 10.5. The molecule has 94 valence electrons. The molecule has 0 aliphatic carbocycles. The van der Waals surface area contributed by atoms with Crippen molar-refractivity contribution in [2.75, 3.05) is 11.1 Å². The van der Waals surface area contributed by atoms with Crippen LogP contribution in [0.3, 0.4) is 0 Å². The molecule has 0 saturated carbocycles. The van der Waals surface area contributed by atoms with Crippen molar-refractivity contribution in [3.8, 4) is 0 Å². The highest BCUT2D eigenvalue weighted by Crippen LogP contribution is 2.32. The number of nitrogens with zero attached hydrogens (tertiary/aromatic N) is 1. The minimum Gasteiger partial charge on any atom is -0.384 e. The average Bonchev–Trinajstić information content (AvgIpc) is 2.28. The molecule has 18 heavy (non-hydrogen) atoms. The number of hydrogen-bond acceptors (Lipinski definition) is 3. The molecule has 1 heterocycles. The van der Waals surface area contributed by atoms with Crippen molar-refractivity contribution in [3.63, 3.8) is 0 Å². The molecule has 3 nitrogen and oxygen atoms in total. The Hall–Kier alpha value is -2.24. The second-order valence-electron chi connectivity index (χ2n) is 3.65. The molecule has 0 aliphatic rings. The van der Waals surface area contributed by atoms with Crippen LogP contribution in [0.5, 0.6) is 0 Å². The van der Waals surface area contributed by atoms with Gasteiger partial charge in [0.05, 0.1) is 5.56 Å². The molecule has 0 fully saturated rings. The molecule has 0 bridgehead atoms. The van der Waals surface area contributed by atoms with Crippen molar-refractivity contribution in [3.05, 3.63) is 48.0 Å². The lowest BCUT2D eigenvalue weighted by Crippen LogP contribution is -2.08. The lowest BCUT2D eigenvalue weighted by molar-refractivity contribution is -0.137. The van der Waals surface area contributed by atoms with E-state index in [1.165, 1.54) is 0 Å². The molecule has 1 aromatic carbocycles. The predicted octanol–water partition coefficient (Wildman–Crippen LogP) is 3.43. The number of para-hydroxylation sites is 1. The second kappa shape index (κ2) is 4.56. The number of pyridine rings is 1. The van der Waals surface area contributed by atoms with E-state index in [2.05, 4.69) is 10.3 Å². The van der Waals surface area contributed by atoms with E-state index in [0.717, 1.165) is 12.1 Å². The predicted molar refractivity (Wildman–Crippen MR) is 63.4 cm³/mol. The lowest BCUT2D eigenvalue weighted by atomic mass is 10.2. The average molecular weight is 253 g/mol. The molecule has 6 heteroatoms. The molecule has 0 spiro atoms. The summed E-state index contributed by atoms with van der Waals surface area (Å²) < 4.78 is 37.7. The third kappa shape index (κ3) is 2.91. The van der Waals surface area contributed by atoms with Crippen LogP contribution in [0.1, 0.15) is 5.56 Å². The van der Waals surface area contributed by atoms with Gasteiger partial charge in [0.25, 0.3) is 0 Å². The zero-order chi connectivity index (χ0) is 13.2. The van der Waals surface area contributed by atoms with Crippen molar-refractivity contribution >= 4 is 17.3 Å². The van der Waals surface area contributed by atoms with Crippen LogP contribution >= 0.6 is 0 Å². The number of rotatable bonds is 2. The lowest BCUT2D eigenvalue weighted by Gasteiger charge is -2.11. The van der Waals surface area contributed by atoms with Gasteiger partial charge in [-0.2, -0.15) is 13.2 Å². The molecular formula is C12H10F3N3. The van der Waals surface area contributed by atoms with Gasteiger partial charge >= 0.3 is 6.18 Å². The molecule has 0 aliphatic heterocycles. The van der Waals surface area contributed by atoms with Crippen LogP contribution in [0.2, 0.25) is 0 Å². The molecule has 0 unspecified atom stereocenters. The van der Waals surface area contributed by atoms with E-state index in [1.807, 2.05) is 0 Å². The van der Waals surface area contributed by atoms with E-state index in [1.54, 1.807) is 30.3 Å². The summed E-state index contributed by atoms with van der Waals surface area (Å²) in [5.41, 5.74) is 5.18. The quantitative estimate of drug-likeness (QED) is 0.862. The van der Waals surface area contributed by atoms with Crippen LogP contribution in [0.25, 0.3) is 0 Å².